The highest BCUT2D eigenvalue weighted by molar-refractivity contribution is 5.91. The molecule has 5 N–H and O–H groups in total. The normalized spacial score (nSPS) is 14.2. The number of aliphatic hydroxyl groups is 1. The van der Waals surface area contributed by atoms with Crippen LogP contribution in [0.25, 0.3) is 0 Å². The fourth-order valence-electron chi connectivity index (χ4n) is 4.60. The molecule has 0 aliphatic rings. The number of aliphatic hydroxyl groups excluding tert-OH is 1. The zero-order valence-corrected chi connectivity index (χ0v) is 26.6. The molecule has 0 bridgehead atoms. The number of nitrogens with one attached hydrogen (secondary N) is 4. The minimum absolute atomic E-state index is 0.0116. The van der Waals surface area contributed by atoms with Crippen molar-refractivity contribution in [2.75, 3.05) is 13.7 Å². The fourth-order valence-corrected chi connectivity index (χ4v) is 4.60. The quantitative estimate of drug-likeness (QED) is 0.167. The highest BCUT2D eigenvalue weighted by Gasteiger charge is 2.39. The van der Waals surface area contributed by atoms with Gasteiger partial charge in [-0.2, -0.15) is 0 Å². The number of hydrogen-bond acceptors (Lipinski definition) is 8. The number of unbranched alkanes of at least 4 members (excludes halogenated alkanes) is 1. The molecule has 3 unspecified atom stereocenters. The molecule has 0 fully saturated rings. The Kier molecular flexibility index (Phi) is 15.6. The SMILES string of the molecule is CCCCC(=O)NC(C(=O)NC(C(=O)OC)C(C)C)C(CO)[C@H](NC(=O)[C@H](C)NC(=O)OCc1ccccc1)c1ccccc1. The molecule has 0 saturated carbocycles. The molecule has 5 atom stereocenters. The highest BCUT2D eigenvalue weighted by Crippen LogP contribution is 2.26. The topological polar surface area (TPSA) is 172 Å². The second kappa shape index (κ2) is 19.0. The molecule has 2 aromatic rings. The van der Waals surface area contributed by atoms with Crippen LogP contribution >= 0.6 is 0 Å². The van der Waals surface area contributed by atoms with E-state index in [1.807, 2.05) is 25.1 Å². The van der Waals surface area contributed by atoms with Gasteiger partial charge in [0.2, 0.25) is 17.7 Å². The van der Waals surface area contributed by atoms with Gasteiger partial charge >= 0.3 is 12.1 Å². The van der Waals surface area contributed by atoms with E-state index in [2.05, 4.69) is 21.3 Å². The second-order valence-electron chi connectivity index (χ2n) is 11.1. The predicted octanol–water partition coefficient (Wildman–Crippen LogP) is 2.76. The molecule has 0 saturated heterocycles. The summed E-state index contributed by atoms with van der Waals surface area (Å²) in [6, 6.07) is 13.3. The number of esters is 1. The van der Waals surface area contributed by atoms with Crippen LogP contribution in [0.15, 0.2) is 60.7 Å². The first-order valence-corrected chi connectivity index (χ1v) is 15.1. The van der Waals surface area contributed by atoms with Crippen LogP contribution in [0.2, 0.25) is 0 Å². The van der Waals surface area contributed by atoms with Crippen molar-refractivity contribution in [1.82, 2.24) is 21.3 Å². The summed E-state index contributed by atoms with van der Waals surface area (Å²) in [5.41, 5.74) is 1.31. The van der Waals surface area contributed by atoms with E-state index < -0.39 is 66.5 Å². The van der Waals surface area contributed by atoms with Gasteiger partial charge in [0.15, 0.2) is 0 Å². The summed E-state index contributed by atoms with van der Waals surface area (Å²) < 4.78 is 10.1. The van der Waals surface area contributed by atoms with Crippen molar-refractivity contribution < 1.29 is 38.6 Å². The van der Waals surface area contributed by atoms with E-state index in [0.717, 1.165) is 12.0 Å². The molecule has 0 aliphatic carbocycles. The number of rotatable bonds is 17. The summed E-state index contributed by atoms with van der Waals surface area (Å²) in [4.78, 5) is 64.9. The molecule has 0 spiro atoms. The molecule has 2 rings (SSSR count). The van der Waals surface area contributed by atoms with Gasteiger partial charge in [-0.05, 0) is 30.4 Å². The smallest absolute Gasteiger partial charge is 0.408 e. The lowest BCUT2D eigenvalue weighted by Gasteiger charge is -2.34. The van der Waals surface area contributed by atoms with Crippen LogP contribution in [0.5, 0.6) is 0 Å². The lowest BCUT2D eigenvalue weighted by Crippen LogP contribution is -2.59. The van der Waals surface area contributed by atoms with Crippen LogP contribution in [-0.2, 0) is 35.3 Å². The number of hydrogen-bond donors (Lipinski definition) is 5. The van der Waals surface area contributed by atoms with Crippen LogP contribution in [0.4, 0.5) is 4.79 Å². The van der Waals surface area contributed by atoms with Crippen LogP contribution < -0.4 is 21.3 Å². The Balaban J connectivity index is 2.35. The van der Waals surface area contributed by atoms with Crippen LogP contribution in [0.3, 0.4) is 0 Å². The van der Waals surface area contributed by atoms with E-state index >= 15 is 0 Å². The molecule has 0 heterocycles. The third kappa shape index (κ3) is 11.9. The number of carbonyl (C=O) groups excluding carboxylic acids is 5. The summed E-state index contributed by atoms with van der Waals surface area (Å²) in [5.74, 6) is -3.86. The van der Waals surface area contributed by atoms with E-state index in [9.17, 15) is 29.1 Å². The maximum absolute atomic E-state index is 13.7. The summed E-state index contributed by atoms with van der Waals surface area (Å²) in [5, 5.41) is 21.4. The van der Waals surface area contributed by atoms with E-state index in [1.54, 1.807) is 56.3 Å². The molecular formula is C33H46N4O8. The molecule has 0 radical (unpaired) electrons. The van der Waals surface area contributed by atoms with Crippen LogP contribution in [-0.4, -0.2) is 66.7 Å². The zero-order valence-electron chi connectivity index (χ0n) is 26.6. The molecule has 45 heavy (non-hydrogen) atoms. The van der Waals surface area contributed by atoms with Gasteiger partial charge < -0.3 is 35.8 Å². The van der Waals surface area contributed by atoms with Crippen molar-refractivity contribution in [3.8, 4) is 0 Å². The van der Waals surface area contributed by atoms with Gasteiger partial charge in [-0.3, -0.25) is 14.4 Å². The van der Waals surface area contributed by atoms with Gasteiger partial charge in [0, 0.05) is 12.3 Å². The summed E-state index contributed by atoms with van der Waals surface area (Å²) in [6.07, 6.45) is 0.646. The lowest BCUT2D eigenvalue weighted by atomic mass is 9.86. The third-order valence-electron chi connectivity index (χ3n) is 7.24. The summed E-state index contributed by atoms with van der Waals surface area (Å²) in [7, 11) is 1.21. The zero-order chi connectivity index (χ0) is 33.4. The van der Waals surface area contributed by atoms with Gasteiger partial charge in [-0.1, -0.05) is 87.9 Å². The average Bonchev–Trinajstić information content (AvgIpc) is 3.04. The predicted molar refractivity (Wildman–Crippen MR) is 167 cm³/mol. The minimum Gasteiger partial charge on any atom is -0.467 e. The number of amides is 4. The van der Waals surface area contributed by atoms with Crippen molar-refractivity contribution >= 4 is 29.8 Å². The number of benzene rings is 2. The van der Waals surface area contributed by atoms with E-state index in [0.29, 0.717) is 12.0 Å². The Morgan fingerprint density at radius 3 is 1.98 bits per heavy atom. The molecule has 0 aromatic heterocycles. The molecule has 246 valence electrons. The Bertz CT molecular complexity index is 1240. The van der Waals surface area contributed by atoms with E-state index in [4.69, 9.17) is 9.47 Å². The first-order valence-electron chi connectivity index (χ1n) is 15.1. The van der Waals surface area contributed by atoms with E-state index in [-0.39, 0.29) is 18.9 Å². The fraction of sp³-hybridized carbons (Fsp3) is 0.485. The number of methoxy groups -OCH3 is 1. The third-order valence-corrected chi connectivity index (χ3v) is 7.24. The highest BCUT2D eigenvalue weighted by atomic mass is 16.5. The first kappa shape index (κ1) is 36.7. The largest absolute Gasteiger partial charge is 0.467 e. The van der Waals surface area contributed by atoms with Crippen molar-refractivity contribution in [2.24, 2.45) is 11.8 Å². The Morgan fingerprint density at radius 2 is 1.42 bits per heavy atom. The molecule has 12 nitrogen and oxygen atoms in total. The summed E-state index contributed by atoms with van der Waals surface area (Å²) >= 11 is 0. The van der Waals surface area contributed by atoms with Gasteiger partial charge in [0.25, 0.3) is 0 Å². The van der Waals surface area contributed by atoms with Crippen molar-refractivity contribution in [3.63, 3.8) is 0 Å². The molecular weight excluding hydrogens is 580 g/mol. The van der Waals surface area contributed by atoms with Crippen molar-refractivity contribution in [3.05, 3.63) is 71.8 Å². The molecule has 4 amide bonds. The standard InChI is InChI=1S/C33H46N4O8/c1-6-7-18-26(39)35-29(31(41)36-27(21(2)3)32(42)44-5)25(19-38)28(24-16-12-9-13-17-24)37-30(40)22(4)34-33(43)45-20-23-14-10-8-11-15-23/h8-17,21-22,25,27-29,38H,6-7,18-20H2,1-5H3,(H,34,43)(H,35,39)(H,36,41)(H,37,40)/t22-,25?,27?,28+,29?/m0/s1. The lowest BCUT2D eigenvalue weighted by molar-refractivity contribution is -0.147. The number of alkyl carbamates (subject to hydrolysis) is 1. The Hall–Kier alpha value is -4.45. The van der Waals surface area contributed by atoms with Gasteiger partial charge in [-0.15, -0.1) is 0 Å². The monoisotopic (exact) mass is 626 g/mol. The van der Waals surface area contributed by atoms with Gasteiger partial charge in [0.05, 0.1) is 19.8 Å². The average molecular weight is 627 g/mol. The first-order chi connectivity index (χ1) is 21.5. The van der Waals surface area contributed by atoms with Crippen molar-refractivity contribution in [2.45, 2.75) is 77.7 Å². The molecule has 2 aromatic carbocycles. The van der Waals surface area contributed by atoms with Crippen LogP contribution in [0.1, 0.15) is 64.1 Å². The van der Waals surface area contributed by atoms with Gasteiger partial charge in [0.1, 0.15) is 24.7 Å². The maximum atomic E-state index is 13.7. The van der Waals surface area contributed by atoms with Crippen LogP contribution in [0, 0.1) is 11.8 Å². The minimum atomic E-state index is -1.35. The molecule has 0 aliphatic heterocycles. The summed E-state index contributed by atoms with van der Waals surface area (Å²) in [6.45, 7) is 6.23. The van der Waals surface area contributed by atoms with Crippen molar-refractivity contribution in [1.29, 1.82) is 0 Å². The number of carbonyl (C=O) groups is 5. The van der Waals surface area contributed by atoms with Gasteiger partial charge in [-0.25, -0.2) is 9.59 Å². The second-order valence-corrected chi connectivity index (χ2v) is 11.1. The Labute approximate surface area is 264 Å². The maximum Gasteiger partial charge on any atom is 0.408 e. The Morgan fingerprint density at radius 1 is 0.800 bits per heavy atom. The number of ether oxygens (including phenoxy) is 2. The molecule has 12 heteroatoms. The van der Waals surface area contributed by atoms with E-state index in [1.165, 1.54) is 14.0 Å².